The van der Waals surface area contributed by atoms with E-state index in [-0.39, 0.29) is 5.75 Å². The van der Waals surface area contributed by atoms with Crippen molar-refractivity contribution < 1.29 is 5.11 Å². The summed E-state index contributed by atoms with van der Waals surface area (Å²) in [6, 6.07) is 13.3. The van der Waals surface area contributed by atoms with E-state index in [1.165, 1.54) is 0 Å². The van der Waals surface area contributed by atoms with Crippen LogP contribution >= 0.6 is 0 Å². The number of hydrogen-bond donors (Lipinski definition) is 1. The average Bonchev–Trinajstić information content (AvgIpc) is 2.45. The van der Waals surface area contributed by atoms with Crippen molar-refractivity contribution >= 4 is 23.3 Å². The lowest BCUT2D eigenvalue weighted by atomic mass is 10.2. The molecule has 0 heterocycles. The molecule has 110 valence electrons. The lowest BCUT2D eigenvalue weighted by Gasteiger charge is -2.21. The molecule has 0 saturated carbocycles. The van der Waals surface area contributed by atoms with Gasteiger partial charge in [-0.15, -0.1) is 0 Å². The minimum absolute atomic E-state index is 0.231. The molecule has 21 heavy (non-hydrogen) atoms. The minimum Gasteiger partial charge on any atom is -0.507 e. The predicted octanol–water partition coefficient (Wildman–Crippen LogP) is 3.27. The highest BCUT2D eigenvalue weighted by Gasteiger charge is 2.10. The zero-order valence-corrected chi connectivity index (χ0v) is 12.9. The van der Waals surface area contributed by atoms with Gasteiger partial charge in [0.05, 0.1) is 11.4 Å². The van der Waals surface area contributed by atoms with Gasteiger partial charge in [0.2, 0.25) is 0 Å². The van der Waals surface area contributed by atoms with Gasteiger partial charge in [0.15, 0.2) is 0 Å². The number of aromatic hydroxyl groups is 1. The van der Waals surface area contributed by atoms with Crippen molar-refractivity contribution in [2.45, 2.75) is 0 Å². The van der Waals surface area contributed by atoms with Crippen LogP contribution in [0.3, 0.4) is 0 Å². The van der Waals surface area contributed by atoms with Crippen molar-refractivity contribution in [3.8, 4) is 5.75 Å². The fourth-order valence-electron chi connectivity index (χ4n) is 2.10. The molecule has 0 radical (unpaired) electrons. The largest absolute Gasteiger partial charge is 0.507 e. The highest BCUT2D eigenvalue weighted by molar-refractivity contribution is 5.90. The maximum absolute atomic E-state index is 9.83. The molecular weight excluding hydrogens is 262 g/mol. The van der Waals surface area contributed by atoms with E-state index in [1.54, 1.807) is 18.3 Å². The zero-order chi connectivity index (χ0) is 15.4. The van der Waals surface area contributed by atoms with Crippen LogP contribution in [0.15, 0.2) is 47.5 Å². The fourth-order valence-corrected chi connectivity index (χ4v) is 2.10. The SMILES string of the molecule is CN(C)c1cccc(N(C)C)c1N=Cc1ccccc1O. The summed E-state index contributed by atoms with van der Waals surface area (Å²) in [6.45, 7) is 0. The topological polar surface area (TPSA) is 39.1 Å². The quantitative estimate of drug-likeness (QED) is 0.875. The lowest BCUT2D eigenvalue weighted by Crippen LogP contribution is -2.13. The zero-order valence-electron chi connectivity index (χ0n) is 12.9. The number of rotatable bonds is 4. The smallest absolute Gasteiger partial charge is 0.124 e. The molecule has 0 aliphatic carbocycles. The molecule has 0 atom stereocenters. The van der Waals surface area contributed by atoms with Crippen molar-refractivity contribution in [3.05, 3.63) is 48.0 Å². The van der Waals surface area contributed by atoms with Crippen LogP contribution in [0.4, 0.5) is 17.1 Å². The second kappa shape index (κ2) is 6.31. The van der Waals surface area contributed by atoms with Gasteiger partial charge in [-0.3, -0.25) is 4.99 Å². The number of aliphatic imine (C=N–C) groups is 1. The Bertz CT molecular complexity index is 622. The third-order valence-electron chi connectivity index (χ3n) is 3.23. The molecule has 4 heteroatoms. The molecule has 0 bridgehead atoms. The van der Waals surface area contributed by atoms with E-state index in [0.29, 0.717) is 5.56 Å². The van der Waals surface area contributed by atoms with Gasteiger partial charge >= 0.3 is 0 Å². The predicted molar refractivity (Wildman–Crippen MR) is 90.5 cm³/mol. The molecule has 0 fully saturated rings. The van der Waals surface area contributed by atoms with Crippen molar-refractivity contribution in [1.29, 1.82) is 0 Å². The van der Waals surface area contributed by atoms with Gasteiger partial charge < -0.3 is 14.9 Å². The van der Waals surface area contributed by atoms with E-state index < -0.39 is 0 Å². The highest BCUT2D eigenvalue weighted by Crippen LogP contribution is 2.36. The second-order valence-electron chi connectivity index (χ2n) is 5.25. The average molecular weight is 283 g/mol. The molecule has 4 nitrogen and oxygen atoms in total. The molecule has 0 amide bonds. The monoisotopic (exact) mass is 283 g/mol. The number of anilines is 2. The van der Waals surface area contributed by atoms with Crippen LogP contribution < -0.4 is 9.80 Å². The van der Waals surface area contributed by atoms with Crippen molar-refractivity contribution in [1.82, 2.24) is 0 Å². The van der Waals surface area contributed by atoms with E-state index in [4.69, 9.17) is 0 Å². The maximum Gasteiger partial charge on any atom is 0.124 e. The normalized spacial score (nSPS) is 10.9. The lowest BCUT2D eigenvalue weighted by molar-refractivity contribution is 0.474. The van der Waals surface area contributed by atoms with Crippen LogP contribution in [0.5, 0.6) is 5.75 Å². The molecular formula is C17H21N3O. The van der Waals surface area contributed by atoms with Crippen LogP contribution in [-0.2, 0) is 0 Å². The molecule has 0 aliphatic rings. The van der Waals surface area contributed by atoms with Gasteiger partial charge in [-0.2, -0.15) is 0 Å². The number of phenols is 1. The first-order valence-electron chi connectivity index (χ1n) is 6.80. The summed E-state index contributed by atoms with van der Waals surface area (Å²) in [6.07, 6.45) is 1.70. The van der Waals surface area contributed by atoms with Crippen molar-refractivity contribution in [3.63, 3.8) is 0 Å². The number of hydrogen-bond acceptors (Lipinski definition) is 4. The molecule has 0 aliphatic heterocycles. The van der Waals surface area contributed by atoms with Gasteiger partial charge in [-0.25, -0.2) is 0 Å². The third-order valence-corrected chi connectivity index (χ3v) is 3.23. The molecule has 0 aromatic heterocycles. The summed E-state index contributed by atoms with van der Waals surface area (Å²) >= 11 is 0. The Kier molecular flexibility index (Phi) is 4.48. The molecule has 0 spiro atoms. The Morgan fingerprint density at radius 2 is 1.43 bits per heavy atom. The van der Waals surface area contributed by atoms with E-state index >= 15 is 0 Å². The highest BCUT2D eigenvalue weighted by atomic mass is 16.3. The van der Waals surface area contributed by atoms with Crippen LogP contribution in [0, 0.1) is 0 Å². The van der Waals surface area contributed by atoms with E-state index in [2.05, 4.69) is 4.99 Å². The third kappa shape index (κ3) is 3.34. The summed E-state index contributed by atoms with van der Waals surface area (Å²) in [5.74, 6) is 0.231. The van der Waals surface area contributed by atoms with Gasteiger partial charge in [-0.05, 0) is 24.3 Å². The molecule has 0 unspecified atom stereocenters. The van der Waals surface area contributed by atoms with Crippen LogP contribution in [0.1, 0.15) is 5.56 Å². The first-order chi connectivity index (χ1) is 10.0. The summed E-state index contributed by atoms with van der Waals surface area (Å²) in [5.41, 5.74) is 3.66. The standard InChI is InChI=1S/C17H21N3O/c1-19(2)14-9-7-10-15(20(3)4)17(14)18-12-13-8-5-6-11-16(13)21/h5-12,21H,1-4H3. The van der Waals surface area contributed by atoms with E-state index in [9.17, 15) is 5.11 Å². The Labute approximate surface area is 126 Å². The van der Waals surface area contributed by atoms with Crippen LogP contribution in [-0.4, -0.2) is 39.5 Å². The summed E-state index contributed by atoms with van der Waals surface area (Å²) < 4.78 is 0. The Hall–Kier alpha value is -2.49. The number of phenolic OH excluding ortho intramolecular Hbond substituents is 1. The molecule has 2 rings (SSSR count). The van der Waals surface area contributed by atoms with Gasteiger partial charge in [-0.1, -0.05) is 18.2 Å². The fraction of sp³-hybridized carbons (Fsp3) is 0.235. The summed E-state index contributed by atoms with van der Waals surface area (Å²) in [5, 5.41) is 9.83. The van der Waals surface area contributed by atoms with Gasteiger partial charge in [0.25, 0.3) is 0 Å². The van der Waals surface area contributed by atoms with Crippen molar-refractivity contribution in [2.75, 3.05) is 38.0 Å². The molecule has 2 aromatic rings. The first-order valence-corrected chi connectivity index (χ1v) is 6.80. The Morgan fingerprint density at radius 3 is 1.95 bits per heavy atom. The minimum atomic E-state index is 0.231. The van der Waals surface area contributed by atoms with Crippen LogP contribution in [0.25, 0.3) is 0 Å². The number of nitrogens with zero attached hydrogens (tertiary/aromatic N) is 3. The summed E-state index contributed by atoms with van der Waals surface area (Å²) in [4.78, 5) is 8.68. The van der Waals surface area contributed by atoms with Gasteiger partial charge in [0.1, 0.15) is 11.4 Å². The molecule has 2 aromatic carbocycles. The Balaban J connectivity index is 2.49. The number of benzene rings is 2. The first kappa shape index (κ1) is 14.9. The maximum atomic E-state index is 9.83. The van der Waals surface area contributed by atoms with Gasteiger partial charge in [0, 0.05) is 40.0 Å². The summed E-state index contributed by atoms with van der Waals surface area (Å²) in [7, 11) is 7.98. The molecule has 0 saturated heterocycles. The van der Waals surface area contributed by atoms with Crippen molar-refractivity contribution in [2.24, 2.45) is 4.99 Å². The Morgan fingerprint density at radius 1 is 0.857 bits per heavy atom. The number of para-hydroxylation sites is 2. The van der Waals surface area contributed by atoms with E-state index in [0.717, 1.165) is 17.1 Å². The second-order valence-corrected chi connectivity index (χ2v) is 5.25. The van der Waals surface area contributed by atoms with E-state index in [1.807, 2.05) is 68.3 Å². The molecule has 1 N–H and O–H groups in total. The van der Waals surface area contributed by atoms with Crippen LogP contribution in [0.2, 0.25) is 0 Å².